The van der Waals surface area contributed by atoms with Crippen LogP contribution >= 0.6 is 0 Å². The number of benzene rings is 1. The molecule has 0 radical (unpaired) electrons. The van der Waals surface area contributed by atoms with Crippen molar-refractivity contribution < 1.29 is 0 Å². The third-order valence-electron chi connectivity index (χ3n) is 4.71. The van der Waals surface area contributed by atoms with Gasteiger partial charge in [-0.3, -0.25) is 9.88 Å². The normalized spacial score (nSPS) is 22.9. The zero-order valence-electron chi connectivity index (χ0n) is 13.0. The van der Waals surface area contributed by atoms with E-state index in [1.165, 1.54) is 23.8 Å². The molecule has 3 nitrogen and oxygen atoms in total. The third kappa shape index (κ3) is 3.25. The first-order valence-electron chi connectivity index (χ1n) is 7.94. The molecule has 0 aliphatic heterocycles. The van der Waals surface area contributed by atoms with E-state index < -0.39 is 0 Å². The molecule has 0 spiro atoms. The molecule has 1 aromatic carbocycles. The van der Waals surface area contributed by atoms with Gasteiger partial charge in [0.05, 0.1) is 5.52 Å². The lowest BCUT2D eigenvalue weighted by atomic mass is 9.90. The summed E-state index contributed by atoms with van der Waals surface area (Å²) in [5.41, 5.74) is 9.60. The Hall–Kier alpha value is -1.45. The number of nitrogens with zero attached hydrogens (tertiary/aromatic N) is 2. The highest BCUT2D eigenvalue weighted by molar-refractivity contribution is 5.82. The zero-order valence-corrected chi connectivity index (χ0v) is 13.0. The predicted molar refractivity (Wildman–Crippen MR) is 88.2 cm³/mol. The number of aryl methyl sites for hydroxylation is 1. The van der Waals surface area contributed by atoms with Gasteiger partial charge in [-0.1, -0.05) is 18.2 Å². The highest BCUT2D eigenvalue weighted by atomic mass is 15.1. The second-order valence-electron chi connectivity index (χ2n) is 6.42. The maximum Gasteiger partial charge on any atom is 0.0708 e. The van der Waals surface area contributed by atoms with Crippen LogP contribution in [0, 0.1) is 6.92 Å². The zero-order chi connectivity index (χ0) is 14.8. The quantitative estimate of drug-likeness (QED) is 0.940. The Morgan fingerprint density at radius 3 is 2.67 bits per heavy atom. The van der Waals surface area contributed by atoms with E-state index in [0.717, 1.165) is 30.6 Å². The molecule has 0 amide bonds. The minimum Gasteiger partial charge on any atom is -0.328 e. The number of para-hydroxylation sites is 1. The summed E-state index contributed by atoms with van der Waals surface area (Å²) in [6.07, 6.45) is 4.76. The minimum atomic E-state index is 0.415. The van der Waals surface area contributed by atoms with Crippen LogP contribution in [-0.2, 0) is 6.54 Å². The lowest BCUT2D eigenvalue weighted by Crippen LogP contribution is -2.38. The summed E-state index contributed by atoms with van der Waals surface area (Å²) >= 11 is 0. The summed E-state index contributed by atoms with van der Waals surface area (Å²) < 4.78 is 0. The summed E-state index contributed by atoms with van der Waals surface area (Å²) in [4.78, 5) is 7.12. The molecule has 1 heterocycles. The second-order valence-corrected chi connectivity index (χ2v) is 6.42. The van der Waals surface area contributed by atoms with Crippen molar-refractivity contribution in [1.29, 1.82) is 0 Å². The van der Waals surface area contributed by atoms with Gasteiger partial charge in [0.2, 0.25) is 0 Å². The third-order valence-corrected chi connectivity index (χ3v) is 4.71. The van der Waals surface area contributed by atoms with Gasteiger partial charge in [-0.2, -0.15) is 0 Å². The number of nitrogens with two attached hydrogens (primary N) is 1. The minimum absolute atomic E-state index is 0.415. The fourth-order valence-electron chi connectivity index (χ4n) is 3.47. The van der Waals surface area contributed by atoms with Crippen molar-refractivity contribution in [1.82, 2.24) is 9.88 Å². The van der Waals surface area contributed by atoms with E-state index in [1.807, 2.05) is 0 Å². The van der Waals surface area contributed by atoms with E-state index >= 15 is 0 Å². The van der Waals surface area contributed by atoms with Gasteiger partial charge in [0.25, 0.3) is 0 Å². The van der Waals surface area contributed by atoms with E-state index in [4.69, 9.17) is 5.73 Å². The largest absolute Gasteiger partial charge is 0.328 e. The van der Waals surface area contributed by atoms with Crippen LogP contribution in [0.15, 0.2) is 30.3 Å². The first-order valence-corrected chi connectivity index (χ1v) is 7.94. The topological polar surface area (TPSA) is 42.1 Å². The van der Waals surface area contributed by atoms with Crippen LogP contribution in [-0.4, -0.2) is 29.0 Å². The molecule has 1 aromatic heterocycles. The molecular weight excluding hydrogens is 258 g/mol. The fraction of sp³-hybridized carbons (Fsp3) is 0.500. The first kappa shape index (κ1) is 14.5. The molecule has 21 heavy (non-hydrogen) atoms. The number of aromatic nitrogens is 1. The molecule has 1 fully saturated rings. The van der Waals surface area contributed by atoms with Crippen LogP contribution in [0.5, 0.6) is 0 Å². The molecule has 3 heteroatoms. The van der Waals surface area contributed by atoms with Crippen molar-refractivity contribution in [3.63, 3.8) is 0 Å². The summed E-state index contributed by atoms with van der Waals surface area (Å²) in [5, 5.41) is 1.28. The van der Waals surface area contributed by atoms with Crippen molar-refractivity contribution in [3.8, 4) is 0 Å². The highest BCUT2D eigenvalue weighted by Crippen LogP contribution is 2.25. The average molecular weight is 283 g/mol. The Morgan fingerprint density at radius 2 is 1.90 bits per heavy atom. The average Bonchev–Trinajstić information content (AvgIpc) is 2.47. The van der Waals surface area contributed by atoms with Crippen molar-refractivity contribution in [3.05, 3.63) is 41.6 Å². The van der Waals surface area contributed by atoms with Gasteiger partial charge in [0.1, 0.15) is 0 Å². The number of rotatable bonds is 3. The lowest BCUT2D eigenvalue weighted by Gasteiger charge is -2.33. The van der Waals surface area contributed by atoms with E-state index in [0.29, 0.717) is 12.1 Å². The Labute approximate surface area is 127 Å². The number of hydrogen-bond acceptors (Lipinski definition) is 3. The SMILES string of the molecule is Cc1cc(CN(C)C2CCC(N)CC2)c2ccccc2n1. The molecule has 1 aliphatic carbocycles. The Balaban J connectivity index is 1.81. The molecule has 0 saturated heterocycles. The van der Waals surface area contributed by atoms with Crippen LogP contribution in [0.1, 0.15) is 36.9 Å². The molecule has 2 N–H and O–H groups in total. The van der Waals surface area contributed by atoms with Crippen LogP contribution in [0.25, 0.3) is 10.9 Å². The van der Waals surface area contributed by atoms with E-state index in [9.17, 15) is 0 Å². The molecule has 0 unspecified atom stereocenters. The van der Waals surface area contributed by atoms with Gasteiger partial charge >= 0.3 is 0 Å². The van der Waals surface area contributed by atoms with Gasteiger partial charge in [-0.25, -0.2) is 0 Å². The molecule has 0 bridgehead atoms. The molecule has 1 aliphatic rings. The molecule has 112 valence electrons. The van der Waals surface area contributed by atoms with Gasteiger partial charge < -0.3 is 5.73 Å². The standard InChI is InChI=1S/C18H25N3/c1-13-11-14(17-5-3-4-6-18(17)20-13)12-21(2)16-9-7-15(19)8-10-16/h3-6,11,15-16H,7-10,12,19H2,1-2H3. The van der Waals surface area contributed by atoms with Crippen LogP contribution < -0.4 is 5.73 Å². The fourth-order valence-corrected chi connectivity index (χ4v) is 3.47. The molecular formula is C18H25N3. The van der Waals surface area contributed by atoms with Gasteiger partial charge in [0, 0.05) is 29.7 Å². The number of fused-ring (bicyclic) bond motifs is 1. The molecule has 2 aromatic rings. The summed E-state index contributed by atoms with van der Waals surface area (Å²) in [6, 6.07) is 11.8. The Bertz CT molecular complexity index is 615. The van der Waals surface area contributed by atoms with Crippen molar-refractivity contribution >= 4 is 10.9 Å². The Morgan fingerprint density at radius 1 is 1.19 bits per heavy atom. The highest BCUT2D eigenvalue weighted by Gasteiger charge is 2.22. The monoisotopic (exact) mass is 283 g/mol. The molecule has 1 saturated carbocycles. The van der Waals surface area contributed by atoms with Crippen molar-refractivity contribution in [2.45, 2.75) is 51.2 Å². The summed E-state index contributed by atoms with van der Waals surface area (Å²) in [7, 11) is 2.24. The van der Waals surface area contributed by atoms with Gasteiger partial charge in [-0.15, -0.1) is 0 Å². The second kappa shape index (κ2) is 6.12. The van der Waals surface area contributed by atoms with Crippen LogP contribution in [0.2, 0.25) is 0 Å². The Kier molecular flexibility index (Phi) is 4.22. The maximum atomic E-state index is 6.02. The molecule has 0 atom stereocenters. The lowest BCUT2D eigenvalue weighted by molar-refractivity contribution is 0.177. The summed E-state index contributed by atoms with van der Waals surface area (Å²) in [5.74, 6) is 0. The smallest absolute Gasteiger partial charge is 0.0708 e. The van der Waals surface area contributed by atoms with Crippen LogP contribution in [0.3, 0.4) is 0 Å². The maximum absolute atomic E-state index is 6.02. The van der Waals surface area contributed by atoms with E-state index in [1.54, 1.807) is 0 Å². The van der Waals surface area contributed by atoms with E-state index in [2.05, 4.69) is 54.2 Å². The number of hydrogen-bond donors (Lipinski definition) is 1. The van der Waals surface area contributed by atoms with Crippen molar-refractivity contribution in [2.24, 2.45) is 5.73 Å². The predicted octanol–water partition coefficient (Wildman–Crippen LogP) is 3.24. The summed E-state index contributed by atoms with van der Waals surface area (Å²) in [6.45, 7) is 3.07. The first-order chi connectivity index (χ1) is 10.1. The number of pyridine rings is 1. The van der Waals surface area contributed by atoms with E-state index in [-0.39, 0.29) is 0 Å². The van der Waals surface area contributed by atoms with Crippen molar-refractivity contribution in [2.75, 3.05) is 7.05 Å². The molecule has 3 rings (SSSR count). The van der Waals surface area contributed by atoms with Crippen LogP contribution in [0.4, 0.5) is 0 Å². The van der Waals surface area contributed by atoms with Gasteiger partial charge in [0.15, 0.2) is 0 Å². The van der Waals surface area contributed by atoms with Gasteiger partial charge in [-0.05, 0) is 57.4 Å².